The summed E-state index contributed by atoms with van der Waals surface area (Å²) in [5.74, 6) is -2.36. The molecule has 2 heterocycles. The molecule has 0 amide bonds. The van der Waals surface area contributed by atoms with Crippen LogP contribution in [0.25, 0.3) is 32.6 Å². The summed E-state index contributed by atoms with van der Waals surface area (Å²) in [6.45, 7) is 5.71. The van der Waals surface area contributed by atoms with Gasteiger partial charge in [-0.25, -0.2) is 0 Å². The summed E-state index contributed by atoms with van der Waals surface area (Å²) < 4.78 is 25.4. The minimum atomic E-state index is -1.89. The molecule has 0 bridgehead atoms. The fourth-order valence-corrected chi connectivity index (χ4v) is 5.91. The molecule has 11 heteroatoms. The SMILES string of the molecule is COc1cc2c(c3c1c(=O)c1cc4ccccc4cc1n3C)[C@H](OC(C)=O)[C@H](OC(=O)CC(C)(O)CC(=O)O)C(C)(C)O2. The van der Waals surface area contributed by atoms with Crippen LogP contribution in [0.3, 0.4) is 0 Å². The lowest BCUT2D eigenvalue weighted by Crippen LogP contribution is -2.52. The predicted molar refractivity (Wildman–Crippen MR) is 157 cm³/mol. The Morgan fingerprint density at radius 1 is 1.07 bits per heavy atom. The molecule has 1 aromatic heterocycles. The van der Waals surface area contributed by atoms with Gasteiger partial charge in [0.2, 0.25) is 5.43 Å². The molecule has 3 aromatic carbocycles. The first-order valence-electron chi connectivity index (χ1n) is 13.7. The van der Waals surface area contributed by atoms with Gasteiger partial charge in [-0.15, -0.1) is 0 Å². The number of aryl methyl sites for hydroxylation is 1. The molecule has 0 saturated carbocycles. The van der Waals surface area contributed by atoms with Crippen molar-refractivity contribution < 1.29 is 43.5 Å². The number of hydrogen-bond acceptors (Lipinski definition) is 9. The fourth-order valence-electron chi connectivity index (χ4n) is 5.91. The highest BCUT2D eigenvalue weighted by atomic mass is 16.6. The molecule has 1 aliphatic rings. The van der Waals surface area contributed by atoms with Crippen molar-refractivity contribution in [2.75, 3.05) is 7.11 Å². The van der Waals surface area contributed by atoms with E-state index in [9.17, 15) is 24.3 Å². The van der Waals surface area contributed by atoms with E-state index < -0.39 is 54.2 Å². The Labute approximate surface area is 246 Å². The highest BCUT2D eigenvalue weighted by Crippen LogP contribution is 2.49. The van der Waals surface area contributed by atoms with Crippen LogP contribution in [0.5, 0.6) is 11.5 Å². The van der Waals surface area contributed by atoms with Gasteiger partial charge in [0.25, 0.3) is 0 Å². The van der Waals surface area contributed by atoms with E-state index in [1.807, 2.05) is 36.4 Å². The number of hydrogen-bond donors (Lipinski definition) is 2. The zero-order chi connectivity index (χ0) is 31.4. The molecule has 43 heavy (non-hydrogen) atoms. The standard InChI is InChI=1S/C32H33NO10/c1-16(34)41-29-26-22(43-31(2,3)30(29)42-24(37)15-32(4,39)14-23(35)36)13-21(40-6)25-27(26)33(5)20-12-18-10-8-7-9-17(18)11-19(20)28(25)38/h7-13,29-30,39H,14-15H2,1-6H3,(H,35,36)/t29-,30-,32?/m0/s1. The molecular weight excluding hydrogens is 558 g/mol. The maximum atomic E-state index is 14.1. The number of carbonyl (C=O) groups is 3. The largest absolute Gasteiger partial charge is 0.496 e. The molecule has 11 nitrogen and oxygen atoms in total. The quantitative estimate of drug-likeness (QED) is 0.237. The van der Waals surface area contributed by atoms with Crippen molar-refractivity contribution in [2.45, 2.75) is 63.9 Å². The molecule has 0 aliphatic carbocycles. The first-order valence-corrected chi connectivity index (χ1v) is 13.7. The Hall–Kier alpha value is -4.64. The third-order valence-electron chi connectivity index (χ3n) is 7.74. The molecule has 2 N–H and O–H groups in total. The van der Waals surface area contributed by atoms with Gasteiger partial charge in [0.05, 0.1) is 47.5 Å². The lowest BCUT2D eigenvalue weighted by Gasteiger charge is -2.44. The number of carboxylic acids is 1. The van der Waals surface area contributed by atoms with Gasteiger partial charge in [-0.05, 0) is 43.7 Å². The molecule has 0 fully saturated rings. The van der Waals surface area contributed by atoms with E-state index in [-0.39, 0.29) is 22.3 Å². The molecule has 0 saturated heterocycles. The second kappa shape index (κ2) is 10.6. The van der Waals surface area contributed by atoms with Crippen LogP contribution >= 0.6 is 0 Å². The maximum absolute atomic E-state index is 14.1. The van der Waals surface area contributed by atoms with Crippen LogP contribution in [0.2, 0.25) is 0 Å². The molecule has 226 valence electrons. The third kappa shape index (κ3) is 5.36. The zero-order valence-corrected chi connectivity index (χ0v) is 24.7. The van der Waals surface area contributed by atoms with Gasteiger partial charge in [0, 0.05) is 25.4 Å². The number of ether oxygens (including phenoxy) is 4. The lowest BCUT2D eigenvalue weighted by molar-refractivity contribution is -0.192. The number of aliphatic hydroxyl groups is 1. The number of benzene rings is 3. The normalized spacial score (nSPS) is 18.9. The minimum Gasteiger partial charge on any atom is -0.496 e. The highest BCUT2D eigenvalue weighted by Gasteiger charge is 2.50. The van der Waals surface area contributed by atoms with Crippen molar-refractivity contribution in [3.63, 3.8) is 0 Å². The van der Waals surface area contributed by atoms with E-state index >= 15 is 0 Å². The third-order valence-corrected chi connectivity index (χ3v) is 7.74. The van der Waals surface area contributed by atoms with E-state index in [2.05, 4.69) is 0 Å². The van der Waals surface area contributed by atoms with Crippen molar-refractivity contribution in [3.8, 4) is 11.5 Å². The summed E-state index contributed by atoms with van der Waals surface area (Å²) in [6.07, 6.45) is -3.79. The van der Waals surface area contributed by atoms with Gasteiger partial charge in [-0.1, -0.05) is 24.3 Å². The first-order chi connectivity index (χ1) is 20.1. The summed E-state index contributed by atoms with van der Waals surface area (Å²) in [5.41, 5.74) is -2.19. The second-order valence-electron chi connectivity index (χ2n) is 11.7. The van der Waals surface area contributed by atoms with Crippen LogP contribution in [-0.2, 0) is 30.9 Å². The number of nitrogens with zero attached hydrogens (tertiary/aromatic N) is 1. The number of aliphatic carboxylic acids is 1. The lowest BCUT2D eigenvalue weighted by atomic mass is 9.86. The van der Waals surface area contributed by atoms with Crippen LogP contribution in [0.1, 0.15) is 52.2 Å². The number of carboxylic acid groups (broad SMARTS) is 1. The number of aromatic nitrogens is 1. The van der Waals surface area contributed by atoms with E-state index in [1.165, 1.54) is 21.0 Å². The van der Waals surface area contributed by atoms with E-state index in [0.717, 1.165) is 10.8 Å². The van der Waals surface area contributed by atoms with Crippen molar-refractivity contribution in [2.24, 2.45) is 7.05 Å². The average molecular weight is 592 g/mol. The highest BCUT2D eigenvalue weighted by molar-refractivity contribution is 6.04. The first kappa shape index (κ1) is 29.8. The van der Waals surface area contributed by atoms with Gasteiger partial charge in [-0.3, -0.25) is 19.2 Å². The number of rotatable bonds is 7. The van der Waals surface area contributed by atoms with Gasteiger partial charge in [0.15, 0.2) is 12.2 Å². The molecule has 4 aromatic rings. The second-order valence-corrected chi connectivity index (χ2v) is 11.7. The summed E-state index contributed by atoms with van der Waals surface area (Å²) in [7, 11) is 3.21. The van der Waals surface area contributed by atoms with Gasteiger partial charge in [-0.2, -0.15) is 0 Å². The zero-order valence-electron chi connectivity index (χ0n) is 24.7. The Morgan fingerprint density at radius 2 is 1.72 bits per heavy atom. The number of esters is 2. The van der Waals surface area contributed by atoms with E-state index in [1.54, 1.807) is 31.5 Å². The number of methoxy groups -OCH3 is 1. The number of pyridine rings is 1. The Balaban J connectivity index is 1.77. The van der Waals surface area contributed by atoms with Crippen molar-refractivity contribution >= 4 is 50.5 Å². The summed E-state index contributed by atoms with van der Waals surface area (Å²) in [5, 5.41) is 22.1. The smallest absolute Gasteiger partial charge is 0.309 e. The molecule has 1 aliphatic heterocycles. The van der Waals surface area contributed by atoms with Crippen LogP contribution < -0.4 is 14.9 Å². The molecule has 0 spiro atoms. The van der Waals surface area contributed by atoms with Crippen LogP contribution in [0.4, 0.5) is 0 Å². The van der Waals surface area contributed by atoms with Crippen LogP contribution in [0.15, 0.2) is 47.3 Å². The molecule has 5 rings (SSSR count). The predicted octanol–water partition coefficient (Wildman–Crippen LogP) is 4.16. The van der Waals surface area contributed by atoms with E-state index in [4.69, 9.17) is 24.1 Å². The Morgan fingerprint density at radius 3 is 2.33 bits per heavy atom. The van der Waals surface area contributed by atoms with Crippen LogP contribution in [0, 0.1) is 0 Å². The Bertz CT molecular complexity index is 1870. The summed E-state index contributed by atoms with van der Waals surface area (Å²) in [4.78, 5) is 50.8. The number of fused-ring (bicyclic) bond motifs is 5. The molecular formula is C32H33NO10. The molecule has 3 atom stereocenters. The minimum absolute atomic E-state index is 0.224. The van der Waals surface area contributed by atoms with Gasteiger partial charge in [0.1, 0.15) is 17.1 Å². The maximum Gasteiger partial charge on any atom is 0.309 e. The van der Waals surface area contributed by atoms with Crippen molar-refractivity contribution in [3.05, 3.63) is 58.3 Å². The van der Waals surface area contributed by atoms with Crippen molar-refractivity contribution in [1.82, 2.24) is 4.57 Å². The summed E-state index contributed by atoms with van der Waals surface area (Å²) in [6, 6.07) is 12.9. The Kier molecular flexibility index (Phi) is 7.33. The monoisotopic (exact) mass is 591 g/mol. The van der Waals surface area contributed by atoms with Crippen LogP contribution in [-0.4, -0.2) is 57.1 Å². The average Bonchev–Trinajstić information content (AvgIpc) is 2.90. The van der Waals surface area contributed by atoms with Gasteiger partial charge < -0.3 is 33.7 Å². The number of carbonyl (C=O) groups excluding carboxylic acids is 2. The summed E-state index contributed by atoms with van der Waals surface area (Å²) >= 11 is 0. The van der Waals surface area contributed by atoms with Crippen molar-refractivity contribution in [1.29, 1.82) is 0 Å². The molecule has 1 unspecified atom stereocenters. The van der Waals surface area contributed by atoms with E-state index in [0.29, 0.717) is 22.0 Å². The topological polar surface area (TPSA) is 151 Å². The molecule has 0 radical (unpaired) electrons. The van der Waals surface area contributed by atoms with Gasteiger partial charge >= 0.3 is 17.9 Å². The fraction of sp³-hybridized carbons (Fsp3) is 0.375.